The summed E-state index contributed by atoms with van der Waals surface area (Å²) < 4.78 is 0. The van der Waals surface area contributed by atoms with Crippen LogP contribution in [0.3, 0.4) is 0 Å². The Morgan fingerprint density at radius 3 is 2.00 bits per heavy atom. The number of carbonyl (C=O) groups excluding carboxylic acids is 2. The topological polar surface area (TPSA) is 83.5 Å². The number of ketones is 1. The van der Waals surface area contributed by atoms with Gasteiger partial charge in [-0.3, -0.25) is 4.79 Å². The molecular weight excluding hydrogens is 318 g/mol. The smallest absolute Gasteiger partial charge is 0.326 e. The monoisotopic (exact) mass is 337 g/mol. The van der Waals surface area contributed by atoms with Crippen LogP contribution in [-0.2, 0) is 14.4 Å². The van der Waals surface area contributed by atoms with E-state index < -0.39 is 17.9 Å². The first kappa shape index (κ1) is 16.9. The zero-order chi connectivity index (χ0) is 18.0. The number of nitrogens with one attached hydrogen (secondary N) is 1. The van der Waals surface area contributed by atoms with Gasteiger partial charge in [-0.2, -0.15) is 0 Å². The Balaban J connectivity index is 1.89. The van der Waals surface area contributed by atoms with Crippen molar-refractivity contribution in [1.82, 2.24) is 5.32 Å². The second-order valence-electron chi connectivity index (χ2n) is 6.25. The van der Waals surface area contributed by atoms with E-state index in [1.165, 1.54) is 6.92 Å². The number of hydrogen-bond donors (Lipinski definition) is 2. The van der Waals surface area contributed by atoms with Crippen molar-refractivity contribution in [3.8, 4) is 11.1 Å². The Bertz CT molecular complexity index is 798. The average molecular weight is 337 g/mol. The molecule has 0 fully saturated rings. The fourth-order valence-corrected chi connectivity index (χ4v) is 3.30. The van der Waals surface area contributed by atoms with Crippen molar-refractivity contribution in [3.63, 3.8) is 0 Å². The lowest BCUT2D eigenvalue weighted by Crippen LogP contribution is -2.43. The molecule has 5 heteroatoms. The Labute approximate surface area is 145 Å². The molecule has 0 saturated carbocycles. The van der Waals surface area contributed by atoms with Crippen LogP contribution in [0.1, 0.15) is 36.8 Å². The molecule has 0 saturated heterocycles. The van der Waals surface area contributed by atoms with Gasteiger partial charge in [-0.15, -0.1) is 0 Å². The van der Waals surface area contributed by atoms with Gasteiger partial charge in [0.15, 0.2) is 0 Å². The molecule has 128 valence electrons. The number of carbonyl (C=O) groups is 3. The lowest BCUT2D eigenvalue weighted by Gasteiger charge is -2.18. The fraction of sp³-hybridized carbons (Fsp3) is 0.250. The molecule has 0 bridgehead atoms. The Morgan fingerprint density at radius 2 is 1.52 bits per heavy atom. The predicted octanol–water partition coefficient (Wildman–Crippen LogP) is 2.74. The summed E-state index contributed by atoms with van der Waals surface area (Å²) in [6.45, 7) is 1.41. The van der Waals surface area contributed by atoms with Crippen LogP contribution in [0.15, 0.2) is 48.5 Å². The Kier molecular flexibility index (Phi) is 4.65. The minimum Gasteiger partial charge on any atom is -0.480 e. The third-order valence-electron chi connectivity index (χ3n) is 4.50. The lowest BCUT2D eigenvalue weighted by atomic mass is 9.95. The van der Waals surface area contributed by atoms with Crippen LogP contribution >= 0.6 is 0 Å². The van der Waals surface area contributed by atoms with Crippen LogP contribution in [0, 0.1) is 0 Å². The van der Waals surface area contributed by atoms with Gasteiger partial charge < -0.3 is 15.2 Å². The highest BCUT2D eigenvalue weighted by Crippen LogP contribution is 2.44. The normalized spacial score (nSPS) is 13.6. The molecule has 3 rings (SSSR count). The zero-order valence-corrected chi connectivity index (χ0v) is 13.9. The van der Waals surface area contributed by atoms with Crippen LogP contribution < -0.4 is 5.32 Å². The van der Waals surface area contributed by atoms with E-state index in [2.05, 4.69) is 5.32 Å². The summed E-state index contributed by atoms with van der Waals surface area (Å²) in [4.78, 5) is 35.4. The summed E-state index contributed by atoms with van der Waals surface area (Å²) in [6.07, 6.45) is 0.210. The van der Waals surface area contributed by atoms with Crippen LogP contribution in [0.25, 0.3) is 11.1 Å². The molecule has 0 aliphatic heterocycles. The van der Waals surface area contributed by atoms with Crippen molar-refractivity contribution in [2.45, 2.75) is 31.7 Å². The van der Waals surface area contributed by atoms with Crippen LogP contribution in [0.4, 0.5) is 0 Å². The van der Waals surface area contributed by atoms with Crippen LogP contribution in [0.2, 0.25) is 0 Å². The van der Waals surface area contributed by atoms with Gasteiger partial charge in [-0.05, 0) is 35.6 Å². The van der Waals surface area contributed by atoms with Crippen molar-refractivity contribution >= 4 is 17.7 Å². The van der Waals surface area contributed by atoms with E-state index in [-0.39, 0.29) is 24.5 Å². The van der Waals surface area contributed by atoms with Crippen molar-refractivity contribution in [1.29, 1.82) is 0 Å². The van der Waals surface area contributed by atoms with E-state index >= 15 is 0 Å². The third kappa shape index (κ3) is 3.31. The predicted molar refractivity (Wildman–Crippen MR) is 93.2 cm³/mol. The molecule has 1 atom stereocenters. The summed E-state index contributed by atoms with van der Waals surface area (Å²) in [6, 6.07) is 14.2. The highest BCUT2D eigenvalue weighted by atomic mass is 16.4. The molecule has 2 aromatic carbocycles. The first-order chi connectivity index (χ1) is 12.0. The van der Waals surface area contributed by atoms with E-state index in [1.54, 1.807) is 0 Å². The largest absolute Gasteiger partial charge is 0.480 e. The minimum absolute atomic E-state index is 0.0897. The molecule has 25 heavy (non-hydrogen) atoms. The Morgan fingerprint density at radius 1 is 1.00 bits per heavy atom. The van der Waals surface area contributed by atoms with Crippen LogP contribution in [-0.4, -0.2) is 28.8 Å². The maximum atomic E-state index is 12.9. The van der Waals surface area contributed by atoms with E-state index in [4.69, 9.17) is 0 Å². The number of amides is 1. The van der Waals surface area contributed by atoms with Crippen molar-refractivity contribution in [2.75, 3.05) is 0 Å². The second-order valence-corrected chi connectivity index (χ2v) is 6.25. The van der Waals surface area contributed by atoms with E-state index in [0.717, 1.165) is 22.3 Å². The quantitative estimate of drug-likeness (QED) is 0.849. The minimum atomic E-state index is -1.13. The molecule has 1 amide bonds. The highest BCUT2D eigenvalue weighted by molar-refractivity contribution is 5.97. The number of rotatable bonds is 6. The van der Waals surface area contributed by atoms with E-state index in [9.17, 15) is 19.5 Å². The maximum absolute atomic E-state index is 12.9. The van der Waals surface area contributed by atoms with Gasteiger partial charge in [0.2, 0.25) is 5.91 Å². The lowest BCUT2D eigenvalue weighted by molar-refractivity contribution is -0.142. The van der Waals surface area contributed by atoms with Gasteiger partial charge in [-0.1, -0.05) is 48.5 Å². The van der Waals surface area contributed by atoms with Crippen molar-refractivity contribution in [2.24, 2.45) is 0 Å². The summed E-state index contributed by atoms with van der Waals surface area (Å²) in [5.74, 6) is -2.12. The first-order valence-electron chi connectivity index (χ1n) is 8.20. The van der Waals surface area contributed by atoms with Crippen LogP contribution in [0.5, 0.6) is 0 Å². The first-order valence-corrected chi connectivity index (χ1v) is 8.20. The average Bonchev–Trinajstić information content (AvgIpc) is 2.92. The van der Waals surface area contributed by atoms with Gasteiger partial charge in [0.25, 0.3) is 0 Å². The number of carboxylic acids is 1. The SMILES string of the molecule is CC(=O)CC[C@@H](NC(=O)C1c2ccccc2-c2ccccc21)C(=O)O. The molecule has 1 aliphatic rings. The standard InChI is InChI=1S/C20H19NO4/c1-12(22)10-11-17(20(24)25)21-19(23)18-15-8-4-2-6-13(15)14-7-3-5-9-16(14)18/h2-9,17-18H,10-11H2,1H3,(H,21,23)(H,24,25)/t17-/m1/s1. The molecule has 0 aromatic heterocycles. The second kappa shape index (κ2) is 6.89. The summed E-state index contributed by atoms with van der Waals surface area (Å²) in [7, 11) is 0. The number of carboxylic acid groups (broad SMARTS) is 1. The summed E-state index contributed by atoms with van der Waals surface area (Å²) in [5, 5.41) is 11.9. The fourth-order valence-electron chi connectivity index (χ4n) is 3.30. The summed E-state index contributed by atoms with van der Waals surface area (Å²) in [5.41, 5.74) is 3.73. The molecular formula is C20H19NO4. The molecule has 2 N–H and O–H groups in total. The number of aliphatic carboxylic acids is 1. The van der Waals surface area contributed by atoms with Gasteiger partial charge >= 0.3 is 5.97 Å². The number of benzene rings is 2. The van der Waals surface area contributed by atoms with Crippen molar-refractivity contribution < 1.29 is 19.5 Å². The summed E-state index contributed by atoms with van der Waals surface area (Å²) >= 11 is 0. The maximum Gasteiger partial charge on any atom is 0.326 e. The van der Waals surface area contributed by atoms with Gasteiger partial charge in [0, 0.05) is 6.42 Å². The molecule has 0 unspecified atom stereocenters. The van der Waals surface area contributed by atoms with Gasteiger partial charge in [0.1, 0.15) is 11.8 Å². The Hall–Kier alpha value is -2.95. The number of fused-ring (bicyclic) bond motifs is 3. The zero-order valence-electron chi connectivity index (χ0n) is 13.9. The van der Waals surface area contributed by atoms with Crippen molar-refractivity contribution in [3.05, 3.63) is 59.7 Å². The molecule has 5 nitrogen and oxygen atoms in total. The molecule has 0 heterocycles. The third-order valence-corrected chi connectivity index (χ3v) is 4.50. The highest BCUT2D eigenvalue weighted by Gasteiger charge is 2.35. The number of hydrogen-bond acceptors (Lipinski definition) is 3. The molecule has 0 spiro atoms. The number of Topliss-reactive ketones (excluding diaryl/α,β-unsaturated/α-hetero) is 1. The van der Waals surface area contributed by atoms with E-state index in [0.29, 0.717) is 0 Å². The van der Waals surface area contributed by atoms with E-state index in [1.807, 2.05) is 48.5 Å². The molecule has 2 aromatic rings. The van der Waals surface area contributed by atoms with Gasteiger partial charge in [-0.25, -0.2) is 4.79 Å². The molecule has 0 radical (unpaired) electrons. The van der Waals surface area contributed by atoms with Gasteiger partial charge in [0.05, 0.1) is 5.92 Å². The molecule has 1 aliphatic carbocycles.